The summed E-state index contributed by atoms with van der Waals surface area (Å²) in [5.41, 5.74) is 1.93. The minimum absolute atomic E-state index is 0.218. The number of hydrogen-bond acceptors (Lipinski definition) is 10. The summed E-state index contributed by atoms with van der Waals surface area (Å²) >= 11 is 0. The Balaban J connectivity index is 1.43. The summed E-state index contributed by atoms with van der Waals surface area (Å²) in [6, 6.07) is 17.6. The van der Waals surface area contributed by atoms with Crippen LogP contribution in [0.5, 0.6) is 23.0 Å². The van der Waals surface area contributed by atoms with Crippen LogP contribution in [0.4, 0.5) is 0 Å². The van der Waals surface area contributed by atoms with Gasteiger partial charge in [-0.15, -0.1) is 0 Å². The number of carbonyl (C=O) groups is 4. The van der Waals surface area contributed by atoms with E-state index < -0.39 is 23.9 Å². The molecule has 10 nitrogen and oxygen atoms in total. The van der Waals surface area contributed by atoms with Gasteiger partial charge in [0.25, 0.3) is 0 Å². The van der Waals surface area contributed by atoms with Crippen molar-refractivity contribution in [3.63, 3.8) is 0 Å². The van der Waals surface area contributed by atoms with Crippen molar-refractivity contribution >= 4 is 23.9 Å². The molecule has 3 aromatic rings. The molecule has 3 aromatic carbocycles. The van der Waals surface area contributed by atoms with Crippen molar-refractivity contribution in [2.24, 2.45) is 0 Å². The summed E-state index contributed by atoms with van der Waals surface area (Å²) < 4.78 is 32.3. The van der Waals surface area contributed by atoms with Crippen molar-refractivity contribution in [2.45, 2.75) is 33.6 Å². The van der Waals surface area contributed by atoms with Gasteiger partial charge in [-0.1, -0.05) is 13.2 Å². The van der Waals surface area contributed by atoms with E-state index in [0.29, 0.717) is 71.1 Å². The predicted octanol–water partition coefficient (Wildman–Crippen LogP) is 6.21. The molecular weight excluding hydrogens is 580 g/mol. The van der Waals surface area contributed by atoms with Crippen molar-refractivity contribution in [1.82, 2.24) is 0 Å². The summed E-state index contributed by atoms with van der Waals surface area (Å²) in [7, 11) is 0. The first-order chi connectivity index (χ1) is 21.5. The lowest BCUT2D eigenvalue weighted by Gasteiger charge is -2.11. The molecule has 0 aromatic heterocycles. The number of rotatable bonds is 16. The normalized spacial score (nSPS) is 10.3. The monoisotopic (exact) mass is 616 g/mol. The van der Waals surface area contributed by atoms with Gasteiger partial charge in [-0.2, -0.15) is 0 Å². The number of hydrogen-bond donors (Lipinski definition) is 0. The Bertz CT molecular complexity index is 1520. The smallest absolute Gasteiger partial charge is 0.343 e. The second-order valence-electron chi connectivity index (χ2n) is 9.99. The van der Waals surface area contributed by atoms with Gasteiger partial charge in [0.2, 0.25) is 0 Å². The quantitative estimate of drug-likeness (QED) is 0.0794. The van der Waals surface area contributed by atoms with Gasteiger partial charge in [-0.3, -0.25) is 0 Å². The predicted molar refractivity (Wildman–Crippen MR) is 166 cm³/mol. The summed E-state index contributed by atoms with van der Waals surface area (Å²) in [4.78, 5) is 48.1. The first kappa shape index (κ1) is 34.1. The summed E-state index contributed by atoms with van der Waals surface area (Å²) in [5.74, 6) is -0.275. The molecule has 0 fully saturated rings. The van der Waals surface area contributed by atoms with Gasteiger partial charge in [0.05, 0.1) is 37.6 Å². The third-order valence-electron chi connectivity index (χ3n) is 6.02. The van der Waals surface area contributed by atoms with E-state index >= 15 is 0 Å². The fourth-order valence-corrected chi connectivity index (χ4v) is 3.57. The summed E-state index contributed by atoms with van der Waals surface area (Å²) in [6.45, 7) is 13.0. The lowest BCUT2D eigenvalue weighted by molar-refractivity contribution is -0.140. The Morgan fingerprint density at radius 2 is 1.00 bits per heavy atom. The highest BCUT2D eigenvalue weighted by molar-refractivity contribution is 5.92. The van der Waals surface area contributed by atoms with Crippen molar-refractivity contribution in [2.75, 3.05) is 26.4 Å². The zero-order chi connectivity index (χ0) is 32.8. The summed E-state index contributed by atoms with van der Waals surface area (Å²) in [6.07, 6.45) is 1.02. The molecule has 0 aliphatic carbocycles. The highest BCUT2D eigenvalue weighted by atomic mass is 16.5. The molecule has 10 heteroatoms. The van der Waals surface area contributed by atoms with Crippen LogP contribution in [0, 0.1) is 6.92 Å². The SMILES string of the molecule is C=C(C)C(=O)OCCCOc1ccc(C(=O)Oc2ccc(OC(=O)c3ccc(OCCCOC(=O)C(=C)C)cc3)c(C)c2)cc1. The van der Waals surface area contributed by atoms with E-state index in [0.717, 1.165) is 0 Å². The van der Waals surface area contributed by atoms with E-state index in [1.54, 1.807) is 81.4 Å². The third kappa shape index (κ3) is 11.3. The van der Waals surface area contributed by atoms with Crippen molar-refractivity contribution in [3.05, 3.63) is 108 Å². The van der Waals surface area contributed by atoms with Gasteiger partial charge < -0.3 is 28.4 Å². The maximum absolute atomic E-state index is 12.7. The molecule has 3 rings (SSSR count). The summed E-state index contributed by atoms with van der Waals surface area (Å²) in [5, 5.41) is 0. The average Bonchev–Trinajstić information content (AvgIpc) is 3.02. The van der Waals surface area contributed by atoms with E-state index in [1.807, 2.05) is 0 Å². The van der Waals surface area contributed by atoms with Crippen molar-refractivity contribution in [3.8, 4) is 23.0 Å². The largest absolute Gasteiger partial charge is 0.493 e. The minimum atomic E-state index is -0.562. The number of esters is 4. The molecule has 0 bridgehead atoms. The van der Waals surface area contributed by atoms with E-state index in [1.165, 1.54) is 6.07 Å². The molecule has 0 saturated carbocycles. The molecule has 0 atom stereocenters. The van der Waals surface area contributed by atoms with Crippen LogP contribution in [-0.2, 0) is 19.1 Å². The van der Waals surface area contributed by atoms with E-state index in [9.17, 15) is 19.2 Å². The van der Waals surface area contributed by atoms with Crippen molar-refractivity contribution in [1.29, 1.82) is 0 Å². The zero-order valence-electron chi connectivity index (χ0n) is 25.6. The van der Waals surface area contributed by atoms with E-state index in [4.69, 9.17) is 28.4 Å². The van der Waals surface area contributed by atoms with Crippen LogP contribution < -0.4 is 18.9 Å². The molecule has 0 aliphatic heterocycles. The maximum atomic E-state index is 12.7. The second-order valence-corrected chi connectivity index (χ2v) is 9.99. The molecule has 0 spiro atoms. The molecule has 236 valence electrons. The molecule has 0 aliphatic rings. The van der Waals surface area contributed by atoms with E-state index in [-0.39, 0.29) is 19.0 Å². The van der Waals surface area contributed by atoms with Crippen LogP contribution >= 0.6 is 0 Å². The fourth-order valence-electron chi connectivity index (χ4n) is 3.57. The van der Waals surface area contributed by atoms with Gasteiger partial charge in [0, 0.05) is 24.0 Å². The topological polar surface area (TPSA) is 124 Å². The lowest BCUT2D eigenvalue weighted by atomic mass is 10.2. The number of carbonyl (C=O) groups excluding carboxylic acids is 4. The van der Waals surface area contributed by atoms with Gasteiger partial charge >= 0.3 is 23.9 Å². The first-order valence-corrected chi connectivity index (χ1v) is 14.2. The Hall–Kier alpha value is -5.38. The Labute approximate surface area is 262 Å². The first-order valence-electron chi connectivity index (χ1n) is 14.2. The van der Waals surface area contributed by atoms with Gasteiger partial charge in [0.15, 0.2) is 0 Å². The van der Waals surface area contributed by atoms with Gasteiger partial charge in [-0.05, 0) is 93.1 Å². The van der Waals surface area contributed by atoms with Crippen LogP contribution in [0.2, 0.25) is 0 Å². The van der Waals surface area contributed by atoms with Crippen LogP contribution in [0.3, 0.4) is 0 Å². The molecule has 0 unspecified atom stereocenters. The van der Waals surface area contributed by atoms with Crippen LogP contribution in [0.15, 0.2) is 91.0 Å². The average molecular weight is 617 g/mol. The minimum Gasteiger partial charge on any atom is -0.493 e. The lowest BCUT2D eigenvalue weighted by Crippen LogP contribution is -2.11. The van der Waals surface area contributed by atoms with Gasteiger partial charge in [0.1, 0.15) is 23.0 Å². The third-order valence-corrected chi connectivity index (χ3v) is 6.02. The molecule has 0 radical (unpaired) electrons. The number of ether oxygens (including phenoxy) is 6. The standard InChI is InChI=1S/C35H36O10/c1-23(2)32(36)42-20-6-18-40-28-12-8-26(9-13-28)34(38)44-30-16-17-31(25(5)22-30)45-35(39)27-10-14-29(15-11-27)41-19-7-21-43-33(37)24(3)4/h8-17,22H,1,3,6-7,18-21H2,2,4-5H3. The number of aryl methyl sites for hydroxylation is 1. The molecule has 45 heavy (non-hydrogen) atoms. The Morgan fingerprint density at radius 3 is 1.42 bits per heavy atom. The van der Waals surface area contributed by atoms with E-state index in [2.05, 4.69) is 13.2 Å². The molecular formula is C35H36O10. The molecule has 0 N–H and O–H groups in total. The zero-order valence-corrected chi connectivity index (χ0v) is 25.6. The van der Waals surface area contributed by atoms with Crippen LogP contribution in [-0.4, -0.2) is 50.3 Å². The number of benzene rings is 3. The van der Waals surface area contributed by atoms with Gasteiger partial charge in [-0.25, -0.2) is 19.2 Å². The molecule has 0 saturated heterocycles. The Morgan fingerprint density at radius 1 is 0.578 bits per heavy atom. The van der Waals surface area contributed by atoms with Crippen molar-refractivity contribution < 1.29 is 47.6 Å². The molecule has 0 heterocycles. The van der Waals surface area contributed by atoms with Crippen LogP contribution in [0.25, 0.3) is 0 Å². The molecule has 0 amide bonds. The maximum Gasteiger partial charge on any atom is 0.343 e. The highest BCUT2D eigenvalue weighted by Crippen LogP contribution is 2.26. The Kier molecular flexibility index (Phi) is 12.9. The fraction of sp³-hybridized carbons (Fsp3) is 0.257. The second kappa shape index (κ2) is 17.0. The highest BCUT2D eigenvalue weighted by Gasteiger charge is 2.14. The van der Waals surface area contributed by atoms with Crippen LogP contribution in [0.1, 0.15) is 53.0 Å².